The molecule has 1 aliphatic carbocycles. The third kappa shape index (κ3) is 4.94. The topological polar surface area (TPSA) is 86.7 Å². The zero-order valence-electron chi connectivity index (χ0n) is 10.8. The molecule has 0 saturated carbocycles. The van der Waals surface area contributed by atoms with Gasteiger partial charge < -0.3 is 15.3 Å². The van der Waals surface area contributed by atoms with E-state index in [1.165, 1.54) is 11.8 Å². The summed E-state index contributed by atoms with van der Waals surface area (Å²) in [4.78, 5) is 34.5. The second kappa shape index (κ2) is 7.83. The maximum Gasteiger partial charge on any atom is 0.327 e. The van der Waals surface area contributed by atoms with Crippen LogP contribution in [0.2, 0.25) is 0 Å². The van der Waals surface area contributed by atoms with Crippen molar-refractivity contribution < 1.29 is 19.5 Å². The number of carbonyl (C=O) groups is 3. The van der Waals surface area contributed by atoms with Crippen LogP contribution in [0.1, 0.15) is 19.3 Å². The molecule has 1 aliphatic rings. The fraction of sp³-hybridized carbons (Fsp3) is 0.583. The number of carbonyl (C=O) groups excluding carboxylic acids is 2. The Morgan fingerprint density at radius 3 is 2.89 bits per heavy atom. The minimum absolute atomic E-state index is 0.0478. The molecule has 1 rings (SSSR count). The lowest BCUT2D eigenvalue weighted by atomic mass is 10.3. The molecule has 2 N–H and O–H groups in total. The van der Waals surface area contributed by atoms with E-state index in [2.05, 4.69) is 11.4 Å². The number of hydrogen-bond donors (Lipinski definition) is 2. The summed E-state index contributed by atoms with van der Waals surface area (Å²) in [7, 11) is 1.73. The highest BCUT2D eigenvalue weighted by Crippen LogP contribution is 2.20. The molecule has 0 radical (unpaired) electrons. The Kier molecular flexibility index (Phi) is 6.41. The first-order valence-corrected chi connectivity index (χ1v) is 7.17. The summed E-state index contributed by atoms with van der Waals surface area (Å²) in [6.07, 6.45) is 5.40. The molecule has 0 heterocycles. The number of nitrogens with one attached hydrogen (secondary N) is 1. The van der Waals surface area contributed by atoms with E-state index >= 15 is 0 Å². The molecule has 0 aromatic heterocycles. The zero-order valence-corrected chi connectivity index (χ0v) is 11.6. The summed E-state index contributed by atoms with van der Waals surface area (Å²) < 4.78 is 0. The highest BCUT2D eigenvalue weighted by Gasteiger charge is 2.19. The summed E-state index contributed by atoms with van der Waals surface area (Å²) in [5.74, 6) is -0.766. The van der Waals surface area contributed by atoms with Crippen LogP contribution in [-0.4, -0.2) is 52.9 Å². The number of allylic oxidation sites excluding steroid dienone is 2. The highest BCUT2D eigenvalue weighted by molar-refractivity contribution is 8.00. The van der Waals surface area contributed by atoms with E-state index in [9.17, 15) is 14.4 Å². The minimum Gasteiger partial charge on any atom is -0.480 e. The average molecular weight is 286 g/mol. The summed E-state index contributed by atoms with van der Waals surface area (Å²) in [6, 6.07) is -0.952. The van der Waals surface area contributed by atoms with Gasteiger partial charge in [0.2, 0.25) is 12.3 Å². The van der Waals surface area contributed by atoms with Crippen LogP contribution in [0.4, 0.5) is 0 Å². The van der Waals surface area contributed by atoms with Crippen molar-refractivity contribution in [2.24, 2.45) is 0 Å². The molecule has 0 aromatic carbocycles. The maximum absolute atomic E-state index is 11.9. The minimum atomic E-state index is -1.10. The van der Waals surface area contributed by atoms with Crippen molar-refractivity contribution >= 4 is 30.0 Å². The lowest BCUT2D eigenvalue weighted by molar-refractivity contribution is -0.139. The predicted octanol–water partition coefficient (Wildman–Crippen LogP) is 0.445. The Hall–Kier alpha value is -1.50. The Balaban J connectivity index is 2.33. The third-order valence-corrected chi connectivity index (χ3v) is 3.92. The second-order valence-corrected chi connectivity index (χ2v) is 5.26. The summed E-state index contributed by atoms with van der Waals surface area (Å²) >= 11 is 1.20. The van der Waals surface area contributed by atoms with Gasteiger partial charge in [0.15, 0.2) is 0 Å². The Morgan fingerprint density at radius 2 is 2.37 bits per heavy atom. The van der Waals surface area contributed by atoms with Crippen LogP contribution in [0.25, 0.3) is 0 Å². The number of aliphatic carboxylic acids is 1. The molecule has 0 fully saturated rings. The van der Waals surface area contributed by atoms with Crippen LogP contribution in [0.15, 0.2) is 11.8 Å². The van der Waals surface area contributed by atoms with Gasteiger partial charge in [-0.2, -0.15) is 0 Å². The van der Waals surface area contributed by atoms with E-state index < -0.39 is 12.0 Å². The number of carboxylic acids is 1. The van der Waals surface area contributed by atoms with Gasteiger partial charge in [0.05, 0.1) is 5.75 Å². The number of rotatable bonds is 8. The Bertz CT molecular complexity index is 384. The molecular weight excluding hydrogens is 268 g/mol. The first-order chi connectivity index (χ1) is 9.06. The smallest absolute Gasteiger partial charge is 0.327 e. The first-order valence-electron chi connectivity index (χ1n) is 6.02. The molecular formula is C12H18N2O4S. The first kappa shape index (κ1) is 15.6. The van der Waals surface area contributed by atoms with Crippen LogP contribution < -0.4 is 5.32 Å². The van der Waals surface area contributed by atoms with Gasteiger partial charge in [0.25, 0.3) is 0 Å². The van der Waals surface area contributed by atoms with Crippen LogP contribution >= 0.6 is 11.8 Å². The second-order valence-electron chi connectivity index (χ2n) is 4.23. The van der Waals surface area contributed by atoms with E-state index in [4.69, 9.17) is 5.11 Å². The number of nitrogens with zero attached hydrogens (tertiary/aromatic N) is 1. The van der Waals surface area contributed by atoms with Gasteiger partial charge in [0, 0.05) is 18.5 Å². The molecule has 1 atom stereocenters. The van der Waals surface area contributed by atoms with E-state index in [0.717, 1.165) is 25.0 Å². The molecule has 0 saturated heterocycles. The largest absolute Gasteiger partial charge is 0.480 e. The maximum atomic E-state index is 11.9. The quantitative estimate of drug-likeness (QED) is 0.632. The standard InChI is InChI=1S/C12H18N2O4S/c1-14(9-4-2-3-5-9)11(16)7-19-6-10(12(17)18)13-8-15/h4,8,10H,2-3,5-7H2,1H3,(H,13,15)(H,17,18). The molecule has 0 aliphatic heterocycles. The lowest BCUT2D eigenvalue weighted by Gasteiger charge is -2.18. The predicted molar refractivity (Wildman–Crippen MR) is 72.7 cm³/mol. The third-order valence-electron chi connectivity index (χ3n) is 2.90. The van der Waals surface area contributed by atoms with E-state index in [-0.39, 0.29) is 17.4 Å². The number of thioether (sulfide) groups is 1. The molecule has 19 heavy (non-hydrogen) atoms. The molecule has 1 unspecified atom stereocenters. The fourth-order valence-electron chi connectivity index (χ4n) is 1.75. The van der Waals surface area contributed by atoms with Crippen molar-refractivity contribution in [3.8, 4) is 0 Å². The van der Waals surface area contributed by atoms with Gasteiger partial charge in [-0.3, -0.25) is 9.59 Å². The van der Waals surface area contributed by atoms with Crippen molar-refractivity contribution in [3.05, 3.63) is 11.8 Å². The van der Waals surface area contributed by atoms with Gasteiger partial charge in [-0.15, -0.1) is 11.8 Å². The van der Waals surface area contributed by atoms with Crippen LogP contribution in [0.3, 0.4) is 0 Å². The van der Waals surface area contributed by atoms with Gasteiger partial charge in [0.1, 0.15) is 6.04 Å². The molecule has 2 amide bonds. The van der Waals surface area contributed by atoms with E-state index in [1.807, 2.05) is 0 Å². The summed E-state index contributed by atoms with van der Waals surface area (Å²) in [6.45, 7) is 0. The van der Waals surface area contributed by atoms with Gasteiger partial charge in [-0.1, -0.05) is 6.08 Å². The monoisotopic (exact) mass is 286 g/mol. The van der Waals surface area contributed by atoms with Crippen molar-refractivity contribution in [2.45, 2.75) is 25.3 Å². The molecule has 0 spiro atoms. The van der Waals surface area contributed by atoms with Crippen LogP contribution in [-0.2, 0) is 14.4 Å². The van der Waals surface area contributed by atoms with E-state index in [0.29, 0.717) is 6.41 Å². The van der Waals surface area contributed by atoms with Gasteiger partial charge >= 0.3 is 5.97 Å². The van der Waals surface area contributed by atoms with Crippen molar-refractivity contribution in [1.29, 1.82) is 0 Å². The molecule has 0 bridgehead atoms. The van der Waals surface area contributed by atoms with Crippen molar-refractivity contribution in [2.75, 3.05) is 18.6 Å². The lowest BCUT2D eigenvalue weighted by Crippen LogP contribution is -2.38. The van der Waals surface area contributed by atoms with Crippen LogP contribution in [0, 0.1) is 0 Å². The average Bonchev–Trinajstić information content (AvgIpc) is 2.90. The Morgan fingerprint density at radius 1 is 1.63 bits per heavy atom. The van der Waals surface area contributed by atoms with Crippen molar-refractivity contribution in [1.82, 2.24) is 10.2 Å². The fourth-order valence-corrected chi connectivity index (χ4v) is 2.71. The highest BCUT2D eigenvalue weighted by atomic mass is 32.2. The van der Waals surface area contributed by atoms with Crippen molar-refractivity contribution in [3.63, 3.8) is 0 Å². The van der Waals surface area contributed by atoms with Gasteiger partial charge in [-0.05, 0) is 19.3 Å². The van der Waals surface area contributed by atoms with Crippen LogP contribution in [0.5, 0.6) is 0 Å². The normalized spacial score (nSPS) is 15.5. The number of amides is 2. The molecule has 7 heteroatoms. The molecule has 0 aromatic rings. The number of hydrogen-bond acceptors (Lipinski definition) is 4. The summed E-state index contributed by atoms with van der Waals surface area (Å²) in [5, 5.41) is 11.0. The molecule has 106 valence electrons. The molecule has 6 nitrogen and oxygen atoms in total. The SMILES string of the molecule is CN(C(=O)CSCC(NC=O)C(=O)O)C1=CCCC1. The Labute approximate surface area is 116 Å². The number of carboxylic acid groups (broad SMARTS) is 1. The van der Waals surface area contributed by atoms with E-state index in [1.54, 1.807) is 11.9 Å². The summed E-state index contributed by atoms with van der Waals surface area (Å²) in [5.41, 5.74) is 1.03. The van der Waals surface area contributed by atoms with Gasteiger partial charge in [-0.25, -0.2) is 4.79 Å². The zero-order chi connectivity index (χ0) is 14.3.